The van der Waals surface area contributed by atoms with Crippen LogP contribution in [0.25, 0.3) is 0 Å². The Labute approximate surface area is 76.5 Å². The third kappa shape index (κ3) is 2.88. The number of halogens is 1. The van der Waals surface area contributed by atoms with Crippen molar-refractivity contribution in [1.29, 1.82) is 0 Å². The molecule has 0 aliphatic carbocycles. The Morgan fingerprint density at radius 3 is 3.08 bits per heavy atom. The maximum absolute atomic E-state index is 5.64. The van der Waals surface area contributed by atoms with E-state index in [-0.39, 0.29) is 0 Å². The van der Waals surface area contributed by atoms with Gasteiger partial charge < -0.3 is 0 Å². The Morgan fingerprint density at radius 1 is 1.67 bits per heavy atom. The summed E-state index contributed by atoms with van der Waals surface area (Å²) in [6, 6.07) is 3.54. The molecule has 0 aliphatic heterocycles. The largest absolute Gasteiger partial charge is 0.262 e. The van der Waals surface area contributed by atoms with E-state index in [9.17, 15) is 0 Å². The summed E-state index contributed by atoms with van der Waals surface area (Å²) in [5, 5.41) is 4.53. The Morgan fingerprint density at radius 2 is 2.50 bits per heavy atom. The number of nitrogens with one attached hydrogen (secondary N) is 1. The number of nitrogens with zero attached hydrogens (tertiary/aromatic N) is 2. The van der Waals surface area contributed by atoms with Crippen LogP contribution in [0.4, 0.5) is 5.82 Å². The average molecular weight is 184 g/mol. The van der Waals surface area contributed by atoms with E-state index >= 15 is 0 Å². The van der Waals surface area contributed by atoms with Crippen molar-refractivity contribution in [2.75, 3.05) is 5.43 Å². The molecule has 64 valence electrons. The molecule has 1 rings (SSSR count). The van der Waals surface area contributed by atoms with Crippen molar-refractivity contribution >= 4 is 23.6 Å². The molecule has 1 aromatic rings. The standard InChI is InChI=1S/C8H10ClN3/c1-2-5-11-12-8-4-3-7(9)6-10-8/h3-6H,2H2,1H3,(H,10,12). The Hall–Kier alpha value is -1.09. The summed E-state index contributed by atoms with van der Waals surface area (Å²) in [6.07, 6.45) is 4.25. The minimum Gasteiger partial charge on any atom is -0.262 e. The Balaban J connectivity index is 2.53. The van der Waals surface area contributed by atoms with Crippen LogP contribution < -0.4 is 5.43 Å². The van der Waals surface area contributed by atoms with Crippen LogP contribution >= 0.6 is 11.6 Å². The summed E-state index contributed by atoms with van der Waals surface area (Å²) in [4.78, 5) is 3.99. The fourth-order valence-electron chi connectivity index (χ4n) is 0.645. The zero-order valence-electron chi connectivity index (χ0n) is 6.79. The zero-order valence-corrected chi connectivity index (χ0v) is 7.54. The van der Waals surface area contributed by atoms with Crippen LogP contribution in [0.1, 0.15) is 13.3 Å². The van der Waals surface area contributed by atoms with E-state index in [1.807, 2.05) is 6.92 Å². The maximum Gasteiger partial charge on any atom is 0.146 e. The van der Waals surface area contributed by atoms with Gasteiger partial charge in [-0.25, -0.2) is 4.98 Å². The highest BCUT2D eigenvalue weighted by Crippen LogP contribution is 2.08. The molecule has 0 unspecified atom stereocenters. The molecule has 0 radical (unpaired) electrons. The molecule has 0 bridgehead atoms. The van der Waals surface area contributed by atoms with Gasteiger partial charge in [-0.05, 0) is 18.6 Å². The van der Waals surface area contributed by atoms with Gasteiger partial charge in [0.1, 0.15) is 5.82 Å². The lowest BCUT2D eigenvalue weighted by molar-refractivity contribution is 1.21. The number of rotatable bonds is 3. The predicted octanol–water partition coefficient (Wildman–Crippen LogP) is 2.54. The number of hydrogen-bond donors (Lipinski definition) is 1. The summed E-state index contributed by atoms with van der Waals surface area (Å²) in [6.45, 7) is 2.01. The monoisotopic (exact) mass is 183 g/mol. The number of pyridine rings is 1. The van der Waals surface area contributed by atoms with Gasteiger partial charge in [0.15, 0.2) is 0 Å². The molecule has 1 aromatic heterocycles. The van der Waals surface area contributed by atoms with E-state index in [4.69, 9.17) is 11.6 Å². The lowest BCUT2D eigenvalue weighted by atomic mass is 10.5. The van der Waals surface area contributed by atoms with Crippen molar-refractivity contribution in [3.8, 4) is 0 Å². The molecule has 0 spiro atoms. The number of hydrazone groups is 1. The maximum atomic E-state index is 5.64. The van der Waals surface area contributed by atoms with Gasteiger partial charge in [-0.1, -0.05) is 18.5 Å². The highest BCUT2D eigenvalue weighted by atomic mass is 35.5. The third-order valence-electron chi connectivity index (χ3n) is 1.18. The van der Waals surface area contributed by atoms with Crippen molar-refractivity contribution in [2.45, 2.75) is 13.3 Å². The van der Waals surface area contributed by atoms with Gasteiger partial charge in [-0.3, -0.25) is 5.43 Å². The first-order valence-corrected chi connectivity index (χ1v) is 4.10. The van der Waals surface area contributed by atoms with Gasteiger partial charge in [0.2, 0.25) is 0 Å². The van der Waals surface area contributed by atoms with Gasteiger partial charge in [0.25, 0.3) is 0 Å². The van der Waals surface area contributed by atoms with Crippen molar-refractivity contribution in [1.82, 2.24) is 4.98 Å². The van der Waals surface area contributed by atoms with Crippen LogP contribution in [0.15, 0.2) is 23.4 Å². The molecule has 0 atom stereocenters. The minimum atomic E-state index is 0.625. The summed E-state index contributed by atoms with van der Waals surface area (Å²) < 4.78 is 0. The van der Waals surface area contributed by atoms with Crippen molar-refractivity contribution < 1.29 is 0 Å². The normalized spacial score (nSPS) is 10.5. The van der Waals surface area contributed by atoms with Gasteiger partial charge in [0, 0.05) is 12.4 Å². The SMILES string of the molecule is CCC=NNc1ccc(Cl)cn1. The molecule has 3 nitrogen and oxygen atoms in total. The molecule has 0 aliphatic rings. The summed E-state index contributed by atoms with van der Waals surface area (Å²) in [7, 11) is 0. The van der Waals surface area contributed by atoms with Gasteiger partial charge >= 0.3 is 0 Å². The molecule has 0 fully saturated rings. The topological polar surface area (TPSA) is 37.3 Å². The van der Waals surface area contributed by atoms with Crippen molar-refractivity contribution in [2.24, 2.45) is 5.10 Å². The molecule has 1 heterocycles. The lowest BCUT2D eigenvalue weighted by Gasteiger charge is -1.97. The number of anilines is 1. The van der Waals surface area contributed by atoms with Crippen molar-refractivity contribution in [3.63, 3.8) is 0 Å². The van der Waals surface area contributed by atoms with Crippen LogP contribution in [-0.2, 0) is 0 Å². The molecule has 4 heteroatoms. The molecular formula is C8H10ClN3. The van der Waals surface area contributed by atoms with E-state index in [2.05, 4.69) is 15.5 Å². The van der Waals surface area contributed by atoms with E-state index < -0.39 is 0 Å². The fraction of sp³-hybridized carbons (Fsp3) is 0.250. The fourth-order valence-corrected chi connectivity index (χ4v) is 0.757. The van der Waals surface area contributed by atoms with Gasteiger partial charge in [0.05, 0.1) is 5.02 Å². The molecule has 1 N–H and O–H groups in total. The van der Waals surface area contributed by atoms with E-state index in [0.717, 1.165) is 6.42 Å². The highest BCUT2D eigenvalue weighted by Gasteiger charge is 1.89. The van der Waals surface area contributed by atoms with E-state index in [0.29, 0.717) is 10.8 Å². The quantitative estimate of drug-likeness (QED) is 0.578. The first kappa shape index (κ1) is 9.00. The van der Waals surface area contributed by atoms with Crippen molar-refractivity contribution in [3.05, 3.63) is 23.4 Å². The van der Waals surface area contributed by atoms with Crippen LogP contribution in [-0.4, -0.2) is 11.2 Å². The number of aromatic nitrogens is 1. The smallest absolute Gasteiger partial charge is 0.146 e. The van der Waals surface area contributed by atoms with Crippen LogP contribution in [0.2, 0.25) is 5.02 Å². The lowest BCUT2D eigenvalue weighted by Crippen LogP contribution is -1.91. The second-order valence-corrected chi connectivity index (χ2v) is 2.63. The third-order valence-corrected chi connectivity index (χ3v) is 1.40. The summed E-state index contributed by atoms with van der Waals surface area (Å²) in [5.74, 6) is 0.698. The molecule has 12 heavy (non-hydrogen) atoms. The van der Waals surface area contributed by atoms with Gasteiger partial charge in [-0.2, -0.15) is 5.10 Å². The van der Waals surface area contributed by atoms with Crippen LogP contribution in [0.3, 0.4) is 0 Å². The van der Waals surface area contributed by atoms with Gasteiger partial charge in [-0.15, -0.1) is 0 Å². The van der Waals surface area contributed by atoms with Crippen LogP contribution in [0.5, 0.6) is 0 Å². The molecule has 0 amide bonds. The minimum absolute atomic E-state index is 0.625. The molecule has 0 saturated carbocycles. The Bertz CT molecular complexity index is 256. The first-order valence-electron chi connectivity index (χ1n) is 3.72. The summed E-state index contributed by atoms with van der Waals surface area (Å²) in [5.41, 5.74) is 2.77. The summed E-state index contributed by atoms with van der Waals surface area (Å²) >= 11 is 5.64. The first-order chi connectivity index (χ1) is 5.83. The average Bonchev–Trinajstić information content (AvgIpc) is 2.09. The molecule has 0 saturated heterocycles. The zero-order chi connectivity index (χ0) is 8.81. The number of hydrogen-bond acceptors (Lipinski definition) is 3. The second-order valence-electron chi connectivity index (χ2n) is 2.19. The van der Waals surface area contributed by atoms with Crippen LogP contribution in [0, 0.1) is 0 Å². The van der Waals surface area contributed by atoms with E-state index in [1.165, 1.54) is 0 Å². The molecule has 0 aromatic carbocycles. The molecular weight excluding hydrogens is 174 g/mol. The second kappa shape index (κ2) is 4.72. The van der Waals surface area contributed by atoms with E-state index in [1.54, 1.807) is 24.5 Å². The highest BCUT2D eigenvalue weighted by molar-refractivity contribution is 6.30. The predicted molar refractivity (Wildman–Crippen MR) is 51.7 cm³/mol. The Kier molecular flexibility index (Phi) is 3.54.